The van der Waals surface area contributed by atoms with Crippen LogP contribution >= 0.6 is 0 Å². The van der Waals surface area contributed by atoms with Gasteiger partial charge >= 0.3 is 12.0 Å². The molecule has 3 N–H and O–H groups in total. The Bertz CT molecular complexity index is 450. The first-order valence-electron chi connectivity index (χ1n) is 5.68. The minimum absolute atomic E-state index is 0.0109. The molecular weight excluding hydrogens is 278 g/mol. The zero-order valence-corrected chi connectivity index (χ0v) is 10.4. The summed E-state index contributed by atoms with van der Waals surface area (Å²) in [4.78, 5) is 21.8. The summed E-state index contributed by atoms with van der Waals surface area (Å²) in [7, 11) is 0. The van der Waals surface area contributed by atoms with Crippen LogP contribution in [0.1, 0.15) is 16.3 Å². The summed E-state index contributed by atoms with van der Waals surface area (Å²) in [5.41, 5.74) is 0. The van der Waals surface area contributed by atoms with Crippen LogP contribution in [0.3, 0.4) is 0 Å². The molecule has 0 aromatic carbocycles. The molecule has 0 bridgehead atoms. The molecule has 0 aliphatic carbocycles. The van der Waals surface area contributed by atoms with E-state index in [0.29, 0.717) is 0 Å². The number of urea groups is 1. The van der Waals surface area contributed by atoms with E-state index >= 15 is 0 Å². The van der Waals surface area contributed by atoms with Gasteiger partial charge in [-0.2, -0.15) is 0 Å². The van der Waals surface area contributed by atoms with Crippen molar-refractivity contribution in [2.45, 2.75) is 13.0 Å². The van der Waals surface area contributed by atoms with E-state index in [-0.39, 0.29) is 31.2 Å². The average molecular weight is 292 g/mol. The SMILES string of the molecule is O=C(NCCOCC(F)F)NCc1ccc(C(=O)O)o1. The van der Waals surface area contributed by atoms with Gasteiger partial charge in [-0.25, -0.2) is 18.4 Å². The largest absolute Gasteiger partial charge is 0.475 e. The Kier molecular flexibility index (Phi) is 6.44. The van der Waals surface area contributed by atoms with Gasteiger partial charge in [0.1, 0.15) is 12.4 Å². The Morgan fingerprint density at radius 1 is 1.35 bits per heavy atom. The number of carboxylic acid groups (broad SMARTS) is 1. The van der Waals surface area contributed by atoms with E-state index in [9.17, 15) is 18.4 Å². The highest BCUT2D eigenvalue weighted by Crippen LogP contribution is 2.07. The number of ether oxygens (including phenoxy) is 1. The maximum Gasteiger partial charge on any atom is 0.371 e. The number of halogens is 2. The van der Waals surface area contributed by atoms with Crippen LogP contribution in [0.4, 0.5) is 13.6 Å². The number of nitrogens with one attached hydrogen (secondary N) is 2. The van der Waals surface area contributed by atoms with E-state index in [1.807, 2.05) is 0 Å². The molecule has 0 unspecified atom stereocenters. The van der Waals surface area contributed by atoms with E-state index < -0.39 is 25.0 Å². The number of furan rings is 1. The van der Waals surface area contributed by atoms with Gasteiger partial charge in [-0.15, -0.1) is 0 Å². The summed E-state index contributed by atoms with van der Waals surface area (Å²) < 4.78 is 32.9. The molecule has 0 spiro atoms. The average Bonchev–Trinajstić information content (AvgIpc) is 2.84. The molecule has 0 aliphatic heterocycles. The molecule has 1 rings (SSSR count). The van der Waals surface area contributed by atoms with Crippen molar-refractivity contribution in [3.05, 3.63) is 23.7 Å². The minimum Gasteiger partial charge on any atom is -0.475 e. The molecule has 0 radical (unpaired) electrons. The molecule has 0 aliphatic rings. The summed E-state index contributed by atoms with van der Waals surface area (Å²) in [6.45, 7) is -0.608. The molecule has 1 heterocycles. The van der Waals surface area contributed by atoms with Crippen molar-refractivity contribution < 1.29 is 32.6 Å². The first-order valence-corrected chi connectivity index (χ1v) is 5.68. The highest BCUT2D eigenvalue weighted by Gasteiger charge is 2.09. The third-order valence-electron chi connectivity index (χ3n) is 2.07. The zero-order valence-electron chi connectivity index (χ0n) is 10.4. The molecule has 9 heteroatoms. The molecule has 0 atom stereocenters. The number of carboxylic acids is 1. The lowest BCUT2D eigenvalue weighted by Gasteiger charge is -2.07. The van der Waals surface area contributed by atoms with E-state index in [4.69, 9.17) is 9.52 Å². The highest BCUT2D eigenvalue weighted by molar-refractivity contribution is 5.84. The van der Waals surface area contributed by atoms with Gasteiger partial charge < -0.3 is 24.9 Å². The Balaban J connectivity index is 2.14. The number of aromatic carboxylic acids is 1. The van der Waals surface area contributed by atoms with Gasteiger partial charge in [-0.1, -0.05) is 0 Å². The van der Waals surface area contributed by atoms with Crippen LogP contribution in [0.25, 0.3) is 0 Å². The number of hydrogen-bond acceptors (Lipinski definition) is 4. The predicted molar refractivity (Wildman–Crippen MR) is 62.7 cm³/mol. The van der Waals surface area contributed by atoms with Crippen LogP contribution in [-0.2, 0) is 11.3 Å². The van der Waals surface area contributed by atoms with Gasteiger partial charge in [-0.3, -0.25) is 0 Å². The lowest BCUT2D eigenvalue weighted by Crippen LogP contribution is -2.37. The number of carbonyl (C=O) groups is 2. The number of hydrogen-bond donors (Lipinski definition) is 3. The van der Waals surface area contributed by atoms with Crippen LogP contribution in [0.5, 0.6) is 0 Å². The van der Waals surface area contributed by atoms with Crippen LogP contribution in [0.2, 0.25) is 0 Å². The van der Waals surface area contributed by atoms with Gasteiger partial charge in [0.2, 0.25) is 5.76 Å². The Morgan fingerprint density at radius 2 is 2.10 bits per heavy atom. The Morgan fingerprint density at radius 3 is 2.70 bits per heavy atom. The van der Waals surface area contributed by atoms with Gasteiger partial charge in [0.15, 0.2) is 0 Å². The highest BCUT2D eigenvalue weighted by atomic mass is 19.3. The first-order chi connectivity index (χ1) is 9.49. The second-order valence-electron chi connectivity index (χ2n) is 3.65. The van der Waals surface area contributed by atoms with Gasteiger partial charge in [0.05, 0.1) is 13.2 Å². The van der Waals surface area contributed by atoms with Crippen LogP contribution in [-0.4, -0.2) is 43.3 Å². The molecule has 0 fully saturated rings. The molecular formula is C11H14F2N2O5. The second kappa shape index (κ2) is 8.10. The molecule has 1 aromatic heterocycles. The molecule has 2 amide bonds. The monoisotopic (exact) mass is 292 g/mol. The van der Waals surface area contributed by atoms with Crippen molar-refractivity contribution in [2.24, 2.45) is 0 Å². The van der Waals surface area contributed by atoms with Crippen LogP contribution in [0, 0.1) is 0 Å². The van der Waals surface area contributed by atoms with Gasteiger partial charge in [0.25, 0.3) is 6.43 Å². The summed E-state index contributed by atoms with van der Waals surface area (Å²) in [6, 6.07) is 2.16. The molecule has 7 nitrogen and oxygen atoms in total. The number of amides is 2. The van der Waals surface area contributed by atoms with Gasteiger partial charge in [-0.05, 0) is 12.1 Å². The molecule has 112 valence electrons. The summed E-state index contributed by atoms with van der Waals surface area (Å²) in [6.07, 6.45) is -2.54. The summed E-state index contributed by atoms with van der Waals surface area (Å²) in [5.74, 6) is -1.13. The van der Waals surface area contributed by atoms with E-state index in [1.165, 1.54) is 12.1 Å². The van der Waals surface area contributed by atoms with Gasteiger partial charge in [0, 0.05) is 6.54 Å². The maximum atomic E-state index is 11.7. The van der Waals surface area contributed by atoms with E-state index in [2.05, 4.69) is 15.4 Å². The second-order valence-corrected chi connectivity index (χ2v) is 3.65. The molecule has 20 heavy (non-hydrogen) atoms. The molecule has 0 saturated carbocycles. The standard InChI is InChI=1S/C11H14F2N2O5/c12-9(13)6-19-4-3-14-11(18)15-5-7-1-2-8(20-7)10(16)17/h1-2,9H,3-6H2,(H,16,17)(H2,14,15,18). The van der Waals surface area contributed by atoms with Crippen molar-refractivity contribution >= 4 is 12.0 Å². The van der Waals surface area contributed by atoms with Crippen LogP contribution < -0.4 is 10.6 Å². The lowest BCUT2D eigenvalue weighted by molar-refractivity contribution is 0.0193. The normalized spacial score (nSPS) is 10.6. The quantitative estimate of drug-likeness (QED) is 0.622. The Hall–Kier alpha value is -2.16. The van der Waals surface area contributed by atoms with E-state index in [0.717, 1.165) is 0 Å². The first kappa shape index (κ1) is 15.9. The number of rotatable bonds is 8. The number of alkyl halides is 2. The van der Waals surface area contributed by atoms with Crippen molar-refractivity contribution in [3.63, 3.8) is 0 Å². The van der Waals surface area contributed by atoms with Crippen molar-refractivity contribution in [3.8, 4) is 0 Å². The third kappa shape index (κ3) is 6.14. The van der Waals surface area contributed by atoms with E-state index in [1.54, 1.807) is 0 Å². The maximum absolute atomic E-state index is 11.7. The van der Waals surface area contributed by atoms with Crippen molar-refractivity contribution in [1.29, 1.82) is 0 Å². The fraction of sp³-hybridized carbons (Fsp3) is 0.455. The number of carbonyl (C=O) groups excluding carboxylic acids is 1. The topological polar surface area (TPSA) is 101 Å². The predicted octanol–water partition coefficient (Wildman–Crippen LogP) is 1.06. The fourth-order valence-electron chi connectivity index (χ4n) is 1.23. The minimum atomic E-state index is -2.54. The van der Waals surface area contributed by atoms with Crippen molar-refractivity contribution in [1.82, 2.24) is 10.6 Å². The molecule has 0 saturated heterocycles. The molecule has 1 aromatic rings. The van der Waals surface area contributed by atoms with Crippen LogP contribution in [0.15, 0.2) is 16.5 Å². The summed E-state index contributed by atoms with van der Waals surface area (Å²) in [5, 5.41) is 13.4. The smallest absolute Gasteiger partial charge is 0.371 e. The fourth-order valence-corrected chi connectivity index (χ4v) is 1.23. The lowest BCUT2D eigenvalue weighted by atomic mass is 10.4. The third-order valence-corrected chi connectivity index (χ3v) is 2.07. The van der Waals surface area contributed by atoms with Crippen molar-refractivity contribution in [2.75, 3.05) is 19.8 Å². The zero-order chi connectivity index (χ0) is 15.0. The summed E-state index contributed by atoms with van der Waals surface area (Å²) >= 11 is 0. The Labute approximate surface area is 112 Å².